The third-order valence-electron chi connectivity index (χ3n) is 6.37. The lowest BCUT2D eigenvalue weighted by atomic mass is 10.1. The fourth-order valence-corrected chi connectivity index (χ4v) is 4.72. The van der Waals surface area contributed by atoms with E-state index in [4.69, 9.17) is 18.9 Å². The van der Waals surface area contributed by atoms with E-state index in [1.807, 2.05) is 13.0 Å². The van der Waals surface area contributed by atoms with Crippen molar-refractivity contribution < 1.29 is 38.1 Å². The van der Waals surface area contributed by atoms with Gasteiger partial charge in [0, 0.05) is 13.1 Å². The lowest BCUT2D eigenvalue weighted by Crippen LogP contribution is -2.45. The summed E-state index contributed by atoms with van der Waals surface area (Å²) in [4.78, 5) is 54.2. The molecule has 216 valence electrons. The van der Waals surface area contributed by atoms with Crippen LogP contribution in [-0.2, 0) is 28.7 Å². The van der Waals surface area contributed by atoms with Crippen LogP contribution in [0.3, 0.4) is 0 Å². The van der Waals surface area contributed by atoms with Gasteiger partial charge < -0.3 is 28.7 Å². The molecule has 0 aliphatic carbocycles. The third-order valence-corrected chi connectivity index (χ3v) is 6.37. The Kier molecular flexibility index (Phi) is 9.51. The van der Waals surface area contributed by atoms with E-state index in [-0.39, 0.29) is 25.0 Å². The summed E-state index contributed by atoms with van der Waals surface area (Å²) >= 11 is 0. The second kappa shape index (κ2) is 12.3. The lowest BCUT2D eigenvalue weighted by molar-refractivity contribution is -0.164. The van der Waals surface area contributed by atoms with Crippen LogP contribution in [0.15, 0.2) is 18.2 Å². The average Bonchev–Trinajstić information content (AvgIpc) is 3.50. The molecule has 0 saturated carbocycles. The van der Waals surface area contributed by atoms with Crippen LogP contribution in [0.2, 0.25) is 0 Å². The van der Waals surface area contributed by atoms with Crippen molar-refractivity contribution in [2.75, 3.05) is 26.3 Å². The highest BCUT2D eigenvalue weighted by molar-refractivity contribution is 5.87. The van der Waals surface area contributed by atoms with Crippen LogP contribution in [0.5, 0.6) is 11.5 Å². The predicted molar refractivity (Wildman–Crippen MR) is 143 cm³/mol. The first-order chi connectivity index (χ1) is 18.2. The molecule has 0 N–H and O–H groups in total. The zero-order chi connectivity index (χ0) is 29.0. The minimum Gasteiger partial charge on any atom is -0.480 e. The van der Waals surface area contributed by atoms with Crippen molar-refractivity contribution in [1.29, 1.82) is 0 Å². The first-order valence-electron chi connectivity index (χ1n) is 13.6. The summed E-state index contributed by atoms with van der Waals surface area (Å²) in [5, 5.41) is 0. The smallest absolute Gasteiger partial charge is 0.329 e. The number of likely N-dealkylation sites (tertiary alicyclic amines) is 2. The topological polar surface area (TPSA) is 112 Å². The number of hydrogen-bond acceptors (Lipinski definition) is 8. The number of amides is 2. The molecule has 2 unspecified atom stereocenters. The van der Waals surface area contributed by atoms with Crippen molar-refractivity contribution in [2.24, 2.45) is 0 Å². The van der Waals surface area contributed by atoms with Crippen LogP contribution in [0.4, 0.5) is 0 Å². The molecule has 0 spiro atoms. The molecule has 1 aromatic carbocycles. The van der Waals surface area contributed by atoms with Crippen molar-refractivity contribution in [2.45, 2.75) is 97.4 Å². The Morgan fingerprint density at radius 3 is 1.69 bits per heavy atom. The van der Waals surface area contributed by atoms with Gasteiger partial charge in [-0.05, 0) is 85.8 Å². The standard InChI is InChI=1S/C29H42N2O8/c1-19-11-8-14-22(36-17-23(32)30-15-9-12-20(30)26(34)38-28(2,3)4)25(19)37-18-24(33)31-16-10-13-21(31)27(35)39-29(5,6)7/h8,11,14,20-21H,9-10,12-13,15-18H2,1-7H3. The summed E-state index contributed by atoms with van der Waals surface area (Å²) in [6.07, 6.45) is 2.50. The Hall–Kier alpha value is -3.30. The minimum absolute atomic E-state index is 0.290. The largest absolute Gasteiger partial charge is 0.480 e. The van der Waals surface area contributed by atoms with Crippen LogP contribution in [0.25, 0.3) is 0 Å². The summed E-state index contributed by atoms with van der Waals surface area (Å²) in [5.74, 6) is -0.836. The quantitative estimate of drug-likeness (QED) is 0.456. The summed E-state index contributed by atoms with van der Waals surface area (Å²) < 4.78 is 22.7. The monoisotopic (exact) mass is 546 g/mol. The number of para-hydroxylation sites is 1. The average molecular weight is 547 g/mol. The number of benzene rings is 1. The number of aryl methyl sites for hydroxylation is 1. The second-order valence-electron chi connectivity index (χ2n) is 12.0. The maximum atomic E-state index is 13.0. The highest BCUT2D eigenvalue weighted by Crippen LogP contribution is 2.32. The summed E-state index contributed by atoms with van der Waals surface area (Å²) in [6, 6.07) is 3.97. The van der Waals surface area contributed by atoms with Crippen LogP contribution in [-0.4, -0.2) is 83.1 Å². The van der Waals surface area contributed by atoms with E-state index in [0.29, 0.717) is 50.3 Å². The van der Waals surface area contributed by atoms with Crippen LogP contribution in [0, 0.1) is 6.92 Å². The van der Waals surface area contributed by atoms with Crippen molar-refractivity contribution in [3.8, 4) is 11.5 Å². The van der Waals surface area contributed by atoms with Gasteiger partial charge in [-0.25, -0.2) is 9.59 Å². The number of carbonyl (C=O) groups is 4. The second-order valence-corrected chi connectivity index (χ2v) is 12.0. The van der Waals surface area contributed by atoms with Crippen molar-refractivity contribution in [3.05, 3.63) is 23.8 Å². The molecule has 39 heavy (non-hydrogen) atoms. The fraction of sp³-hybridized carbons (Fsp3) is 0.655. The van der Waals surface area contributed by atoms with Gasteiger partial charge in [-0.2, -0.15) is 0 Å². The maximum absolute atomic E-state index is 13.0. The van der Waals surface area contributed by atoms with E-state index in [2.05, 4.69) is 0 Å². The molecule has 2 aliphatic heterocycles. The molecule has 3 rings (SSSR count). The number of rotatable bonds is 8. The molecule has 0 aromatic heterocycles. The maximum Gasteiger partial charge on any atom is 0.329 e. The van der Waals surface area contributed by atoms with Gasteiger partial charge in [-0.15, -0.1) is 0 Å². The molecule has 2 aliphatic rings. The van der Waals surface area contributed by atoms with Gasteiger partial charge in [-0.1, -0.05) is 12.1 Å². The van der Waals surface area contributed by atoms with E-state index in [0.717, 1.165) is 5.56 Å². The first kappa shape index (κ1) is 30.2. The summed E-state index contributed by atoms with van der Waals surface area (Å²) in [6.45, 7) is 12.9. The molecule has 2 atom stereocenters. The third kappa shape index (κ3) is 8.34. The Morgan fingerprint density at radius 2 is 1.23 bits per heavy atom. The van der Waals surface area contributed by atoms with Gasteiger partial charge in [0.05, 0.1) is 0 Å². The highest BCUT2D eigenvalue weighted by atomic mass is 16.6. The SMILES string of the molecule is Cc1cccc(OCC(=O)N2CCCC2C(=O)OC(C)(C)C)c1OCC(=O)N1CCCC1C(=O)OC(C)(C)C. The van der Waals surface area contributed by atoms with Gasteiger partial charge in [0.1, 0.15) is 23.3 Å². The normalized spacial score (nSPS) is 19.6. The number of nitrogens with zero attached hydrogens (tertiary/aromatic N) is 2. The Bertz CT molecular complexity index is 1070. The molecule has 0 radical (unpaired) electrons. The highest BCUT2D eigenvalue weighted by Gasteiger charge is 2.38. The Labute approximate surface area is 230 Å². The number of esters is 2. The number of carbonyl (C=O) groups excluding carboxylic acids is 4. The van der Waals surface area contributed by atoms with Crippen molar-refractivity contribution in [1.82, 2.24) is 9.80 Å². The van der Waals surface area contributed by atoms with E-state index in [1.54, 1.807) is 53.7 Å². The van der Waals surface area contributed by atoms with E-state index in [1.165, 1.54) is 9.80 Å². The lowest BCUT2D eigenvalue weighted by Gasteiger charge is -2.28. The molecule has 2 fully saturated rings. The minimum atomic E-state index is -0.641. The van der Waals surface area contributed by atoms with Gasteiger partial charge in [-0.3, -0.25) is 9.59 Å². The molecule has 10 heteroatoms. The molecule has 0 bridgehead atoms. The predicted octanol–water partition coefficient (Wildman–Crippen LogP) is 3.42. The van der Waals surface area contributed by atoms with Gasteiger partial charge in [0.2, 0.25) is 0 Å². The molecule has 2 saturated heterocycles. The van der Waals surface area contributed by atoms with Gasteiger partial charge in [0.15, 0.2) is 24.7 Å². The molecule has 1 aromatic rings. The fourth-order valence-electron chi connectivity index (χ4n) is 4.72. The zero-order valence-corrected chi connectivity index (χ0v) is 24.2. The summed E-state index contributed by atoms with van der Waals surface area (Å²) in [5.41, 5.74) is -0.554. The van der Waals surface area contributed by atoms with Gasteiger partial charge in [0.25, 0.3) is 11.8 Å². The molecule has 2 amide bonds. The zero-order valence-electron chi connectivity index (χ0n) is 24.2. The van der Waals surface area contributed by atoms with E-state index >= 15 is 0 Å². The first-order valence-corrected chi connectivity index (χ1v) is 13.6. The Morgan fingerprint density at radius 1 is 0.769 bits per heavy atom. The molecular weight excluding hydrogens is 504 g/mol. The number of ether oxygens (including phenoxy) is 4. The molecule has 10 nitrogen and oxygen atoms in total. The van der Waals surface area contributed by atoms with E-state index < -0.39 is 35.2 Å². The van der Waals surface area contributed by atoms with Gasteiger partial charge >= 0.3 is 11.9 Å². The van der Waals surface area contributed by atoms with Crippen molar-refractivity contribution in [3.63, 3.8) is 0 Å². The van der Waals surface area contributed by atoms with Crippen LogP contribution >= 0.6 is 0 Å². The molecule has 2 heterocycles. The number of hydrogen-bond donors (Lipinski definition) is 0. The van der Waals surface area contributed by atoms with Crippen LogP contribution < -0.4 is 9.47 Å². The summed E-state index contributed by atoms with van der Waals surface area (Å²) in [7, 11) is 0. The van der Waals surface area contributed by atoms with Crippen molar-refractivity contribution >= 4 is 23.8 Å². The Balaban J connectivity index is 1.61. The molecular formula is C29H42N2O8. The van der Waals surface area contributed by atoms with Crippen LogP contribution in [0.1, 0.15) is 72.8 Å². The van der Waals surface area contributed by atoms with E-state index in [9.17, 15) is 19.2 Å².